The third-order valence-corrected chi connectivity index (χ3v) is 3.43. The Kier molecular flexibility index (Phi) is 5.00. The second-order valence-electron chi connectivity index (χ2n) is 4.84. The monoisotopic (exact) mass is 223 g/mol. The van der Waals surface area contributed by atoms with Gasteiger partial charge in [-0.25, -0.2) is 4.98 Å². The van der Waals surface area contributed by atoms with Crippen molar-refractivity contribution >= 4 is 0 Å². The lowest BCUT2D eigenvalue weighted by atomic mass is 10.00. The molecular weight excluding hydrogens is 198 g/mol. The van der Waals surface area contributed by atoms with Crippen LogP contribution >= 0.6 is 0 Å². The van der Waals surface area contributed by atoms with E-state index in [9.17, 15) is 0 Å². The van der Waals surface area contributed by atoms with Crippen LogP contribution in [-0.2, 0) is 0 Å². The van der Waals surface area contributed by atoms with Crippen LogP contribution < -0.4 is 5.73 Å². The molecule has 0 fully saturated rings. The van der Waals surface area contributed by atoms with Gasteiger partial charge >= 0.3 is 0 Å². The van der Waals surface area contributed by atoms with Gasteiger partial charge in [-0.15, -0.1) is 0 Å². The summed E-state index contributed by atoms with van der Waals surface area (Å²) in [5.74, 6) is 0.753. The molecule has 1 aromatic rings. The van der Waals surface area contributed by atoms with Crippen molar-refractivity contribution in [2.75, 3.05) is 0 Å². The minimum atomic E-state index is 0.113. The van der Waals surface area contributed by atoms with Crippen molar-refractivity contribution in [2.24, 2.45) is 11.7 Å². The molecule has 1 heterocycles. The van der Waals surface area contributed by atoms with Gasteiger partial charge in [0.2, 0.25) is 0 Å². The Morgan fingerprint density at radius 2 is 2.00 bits per heavy atom. The second-order valence-corrected chi connectivity index (χ2v) is 4.84. The van der Waals surface area contributed by atoms with E-state index < -0.39 is 0 Å². The normalized spacial score (nSPS) is 17.1. The van der Waals surface area contributed by atoms with Crippen LogP contribution in [0.4, 0.5) is 0 Å². The molecule has 3 nitrogen and oxygen atoms in total. The molecule has 0 aliphatic carbocycles. The van der Waals surface area contributed by atoms with Crippen molar-refractivity contribution in [2.45, 2.75) is 59.0 Å². The van der Waals surface area contributed by atoms with E-state index in [-0.39, 0.29) is 6.04 Å². The van der Waals surface area contributed by atoms with Crippen molar-refractivity contribution in [1.29, 1.82) is 0 Å². The zero-order chi connectivity index (χ0) is 12.1. The van der Waals surface area contributed by atoms with Gasteiger partial charge in [0.15, 0.2) is 0 Å². The molecular formula is C13H25N3. The van der Waals surface area contributed by atoms with E-state index in [4.69, 9.17) is 5.73 Å². The summed E-state index contributed by atoms with van der Waals surface area (Å²) in [5.41, 5.74) is 7.24. The molecule has 3 heteroatoms. The molecule has 0 bridgehead atoms. The van der Waals surface area contributed by atoms with Gasteiger partial charge in [0.25, 0.3) is 0 Å². The summed E-state index contributed by atoms with van der Waals surface area (Å²) >= 11 is 0. The van der Waals surface area contributed by atoms with Crippen molar-refractivity contribution in [3.8, 4) is 0 Å². The summed E-state index contributed by atoms with van der Waals surface area (Å²) < 4.78 is 2.24. The van der Waals surface area contributed by atoms with Crippen LogP contribution in [0.1, 0.15) is 64.7 Å². The summed E-state index contributed by atoms with van der Waals surface area (Å²) in [4.78, 5) is 4.23. The van der Waals surface area contributed by atoms with Crippen LogP contribution in [0, 0.1) is 5.92 Å². The number of nitrogens with zero attached hydrogens (tertiary/aromatic N) is 2. The molecule has 0 saturated carbocycles. The van der Waals surface area contributed by atoms with E-state index >= 15 is 0 Å². The van der Waals surface area contributed by atoms with Crippen molar-refractivity contribution in [3.63, 3.8) is 0 Å². The Bertz CT molecular complexity index is 306. The lowest BCUT2D eigenvalue weighted by Crippen LogP contribution is -2.17. The molecule has 0 aliphatic rings. The molecule has 0 spiro atoms. The molecule has 0 aliphatic heterocycles. The Labute approximate surface area is 99.1 Å². The Morgan fingerprint density at radius 3 is 2.56 bits per heavy atom. The topological polar surface area (TPSA) is 43.8 Å². The first-order valence-corrected chi connectivity index (χ1v) is 6.37. The van der Waals surface area contributed by atoms with Gasteiger partial charge in [0.1, 0.15) is 0 Å². The summed E-state index contributed by atoms with van der Waals surface area (Å²) in [6.45, 7) is 8.90. The first-order chi connectivity index (χ1) is 7.60. The van der Waals surface area contributed by atoms with Crippen molar-refractivity contribution in [3.05, 3.63) is 18.2 Å². The van der Waals surface area contributed by atoms with Crippen LogP contribution in [-0.4, -0.2) is 9.55 Å². The highest BCUT2D eigenvalue weighted by Crippen LogP contribution is 2.23. The van der Waals surface area contributed by atoms with Gasteiger partial charge in [-0.05, 0) is 25.7 Å². The molecule has 0 aromatic carbocycles. The third kappa shape index (κ3) is 3.08. The predicted molar refractivity (Wildman–Crippen MR) is 68.2 cm³/mol. The minimum absolute atomic E-state index is 0.113. The summed E-state index contributed by atoms with van der Waals surface area (Å²) in [5, 5.41) is 0. The quantitative estimate of drug-likeness (QED) is 0.804. The zero-order valence-corrected chi connectivity index (χ0v) is 11.0. The molecule has 1 rings (SSSR count). The first kappa shape index (κ1) is 13.2. The largest absolute Gasteiger partial charge is 0.330 e. The van der Waals surface area contributed by atoms with Crippen LogP contribution in [0.15, 0.2) is 12.5 Å². The van der Waals surface area contributed by atoms with Gasteiger partial charge in [-0.1, -0.05) is 27.2 Å². The molecule has 3 atom stereocenters. The maximum atomic E-state index is 6.08. The van der Waals surface area contributed by atoms with Gasteiger partial charge in [0.05, 0.1) is 12.0 Å². The number of aromatic nitrogens is 2. The van der Waals surface area contributed by atoms with Gasteiger partial charge in [-0.2, -0.15) is 0 Å². The number of hydrogen-bond donors (Lipinski definition) is 1. The maximum Gasteiger partial charge on any atom is 0.0951 e. The predicted octanol–water partition coefficient (Wildman–Crippen LogP) is 3.29. The third-order valence-electron chi connectivity index (χ3n) is 3.43. The average Bonchev–Trinajstić information content (AvgIpc) is 2.76. The fourth-order valence-electron chi connectivity index (χ4n) is 2.04. The Balaban J connectivity index is 2.75. The molecule has 2 unspecified atom stereocenters. The first-order valence-electron chi connectivity index (χ1n) is 6.37. The van der Waals surface area contributed by atoms with Crippen LogP contribution in [0.2, 0.25) is 0 Å². The SMILES string of the molecule is CCC(C)CC(C)n1cncc1[C@H](N)CC. The molecule has 0 saturated heterocycles. The maximum absolute atomic E-state index is 6.08. The molecule has 92 valence electrons. The number of hydrogen-bond acceptors (Lipinski definition) is 2. The van der Waals surface area contributed by atoms with Crippen LogP contribution in [0.25, 0.3) is 0 Å². The van der Waals surface area contributed by atoms with E-state index in [0.717, 1.165) is 12.3 Å². The van der Waals surface area contributed by atoms with Gasteiger partial charge in [0, 0.05) is 18.3 Å². The smallest absolute Gasteiger partial charge is 0.0951 e. The van der Waals surface area contributed by atoms with Gasteiger partial charge in [-0.3, -0.25) is 0 Å². The summed E-state index contributed by atoms with van der Waals surface area (Å²) in [7, 11) is 0. The minimum Gasteiger partial charge on any atom is -0.330 e. The van der Waals surface area contributed by atoms with Crippen molar-refractivity contribution < 1.29 is 0 Å². The lowest BCUT2D eigenvalue weighted by molar-refractivity contribution is 0.385. The van der Waals surface area contributed by atoms with Crippen LogP contribution in [0.3, 0.4) is 0 Å². The number of imidazole rings is 1. The highest BCUT2D eigenvalue weighted by atomic mass is 15.1. The fraction of sp³-hybridized carbons (Fsp3) is 0.769. The van der Waals surface area contributed by atoms with Gasteiger partial charge < -0.3 is 10.3 Å². The molecule has 0 amide bonds. The number of nitrogens with two attached hydrogens (primary N) is 1. The summed E-state index contributed by atoms with van der Waals surface area (Å²) in [6.07, 6.45) is 7.20. The molecule has 16 heavy (non-hydrogen) atoms. The Morgan fingerprint density at radius 1 is 1.31 bits per heavy atom. The molecule has 1 aromatic heterocycles. The van der Waals surface area contributed by atoms with Crippen LogP contribution in [0.5, 0.6) is 0 Å². The highest BCUT2D eigenvalue weighted by molar-refractivity contribution is 5.05. The molecule has 0 radical (unpaired) electrons. The number of rotatable bonds is 6. The van der Waals surface area contributed by atoms with E-state index in [1.54, 1.807) is 0 Å². The lowest BCUT2D eigenvalue weighted by Gasteiger charge is -2.21. The highest BCUT2D eigenvalue weighted by Gasteiger charge is 2.15. The van der Waals surface area contributed by atoms with E-state index in [2.05, 4.69) is 37.2 Å². The molecule has 2 N–H and O–H groups in total. The Hall–Kier alpha value is -0.830. The second kappa shape index (κ2) is 6.04. The van der Waals surface area contributed by atoms with E-state index in [1.165, 1.54) is 18.5 Å². The van der Waals surface area contributed by atoms with Crippen molar-refractivity contribution in [1.82, 2.24) is 9.55 Å². The summed E-state index contributed by atoms with van der Waals surface area (Å²) in [6, 6.07) is 0.604. The zero-order valence-electron chi connectivity index (χ0n) is 11.0. The average molecular weight is 223 g/mol. The van der Waals surface area contributed by atoms with E-state index in [1.807, 2.05) is 12.5 Å². The van der Waals surface area contributed by atoms with E-state index in [0.29, 0.717) is 6.04 Å². The fourth-order valence-corrected chi connectivity index (χ4v) is 2.04. The standard InChI is InChI=1S/C13H25N3/c1-5-10(3)7-11(4)16-9-15-8-13(16)12(14)6-2/h8-12H,5-7,14H2,1-4H3/t10?,11?,12-/m1/s1.